The standard InChI is InChI=1S/C22H28N2O3S/c1-3-23(4-2)28(26,27)21-14-12-19(13-15-21)22(25)24-16-8-11-20(24)17-18-9-6-5-7-10-18/h5-7,9-10,12-15,20H,3-4,8,11,16-17H2,1-2H3. The van der Waals surface area contributed by atoms with Crippen molar-refractivity contribution in [2.75, 3.05) is 19.6 Å². The molecule has 2 aromatic carbocycles. The zero-order valence-corrected chi connectivity index (χ0v) is 17.4. The first-order valence-corrected chi connectivity index (χ1v) is 11.4. The Bertz CT molecular complexity index is 891. The third kappa shape index (κ3) is 4.28. The quantitative estimate of drug-likeness (QED) is 0.714. The molecule has 0 aromatic heterocycles. The van der Waals surface area contributed by atoms with Gasteiger partial charge in [-0.15, -0.1) is 0 Å². The zero-order chi connectivity index (χ0) is 20.1. The van der Waals surface area contributed by atoms with Gasteiger partial charge < -0.3 is 4.90 Å². The number of amides is 1. The molecule has 1 fully saturated rings. The molecule has 0 aliphatic carbocycles. The summed E-state index contributed by atoms with van der Waals surface area (Å²) < 4.78 is 26.7. The number of benzene rings is 2. The van der Waals surface area contributed by atoms with Gasteiger partial charge in [-0.05, 0) is 49.1 Å². The van der Waals surface area contributed by atoms with Crippen molar-refractivity contribution in [1.29, 1.82) is 0 Å². The monoisotopic (exact) mass is 400 g/mol. The van der Waals surface area contributed by atoms with Gasteiger partial charge in [0.25, 0.3) is 5.91 Å². The van der Waals surface area contributed by atoms with Gasteiger partial charge in [-0.3, -0.25) is 4.79 Å². The van der Waals surface area contributed by atoms with Crippen LogP contribution in [0.4, 0.5) is 0 Å². The van der Waals surface area contributed by atoms with Crippen molar-refractivity contribution in [1.82, 2.24) is 9.21 Å². The maximum absolute atomic E-state index is 13.0. The van der Waals surface area contributed by atoms with Crippen LogP contribution < -0.4 is 0 Å². The average molecular weight is 401 g/mol. The van der Waals surface area contributed by atoms with E-state index in [2.05, 4.69) is 12.1 Å². The smallest absolute Gasteiger partial charge is 0.254 e. The largest absolute Gasteiger partial charge is 0.335 e. The van der Waals surface area contributed by atoms with Crippen LogP contribution in [0.3, 0.4) is 0 Å². The number of rotatable bonds is 7. The summed E-state index contributed by atoms with van der Waals surface area (Å²) in [5.74, 6) is -0.0229. The second kappa shape index (κ2) is 8.88. The van der Waals surface area contributed by atoms with Crippen molar-refractivity contribution in [3.8, 4) is 0 Å². The molecular formula is C22H28N2O3S. The average Bonchev–Trinajstić information content (AvgIpc) is 3.17. The number of nitrogens with zero attached hydrogens (tertiary/aromatic N) is 2. The summed E-state index contributed by atoms with van der Waals surface area (Å²) in [5.41, 5.74) is 1.77. The summed E-state index contributed by atoms with van der Waals surface area (Å²) in [4.78, 5) is 15.2. The molecule has 1 heterocycles. The van der Waals surface area contributed by atoms with E-state index < -0.39 is 10.0 Å². The van der Waals surface area contributed by atoms with Crippen molar-refractivity contribution >= 4 is 15.9 Å². The van der Waals surface area contributed by atoms with Crippen LogP contribution in [-0.2, 0) is 16.4 Å². The summed E-state index contributed by atoms with van der Waals surface area (Å²) in [6.45, 7) is 5.23. The lowest BCUT2D eigenvalue weighted by Gasteiger charge is -2.25. The third-order valence-electron chi connectivity index (χ3n) is 5.40. The first-order valence-electron chi connectivity index (χ1n) is 9.92. The maximum Gasteiger partial charge on any atom is 0.254 e. The van der Waals surface area contributed by atoms with Gasteiger partial charge in [0.2, 0.25) is 10.0 Å². The van der Waals surface area contributed by atoms with E-state index in [9.17, 15) is 13.2 Å². The SMILES string of the molecule is CCN(CC)S(=O)(=O)c1ccc(C(=O)N2CCCC2Cc2ccccc2)cc1. The lowest BCUT2D eigenvalue weighted by molar-refractivity contribution is 0.0736. The molecule has 0 N–H and O–H groups in total. The summed E-state index contributed by atoms with van der Waals surface area (Å²) in [6.07, 6.45) is 2.84. The minimum Gasteiger partial charge on any atom is -0.335 e. The molecule has 150 valence electrons. The molecule has 2 aromatic rings. The lowest BCUT2D eigenvalue weighted by Crippen LogP contribution is -2.36. The number of carbonyl (C=O) groups excluding carboxylic acids is 1. The van der Waals surface area contributed by atoms with Crippen molar-refractivity contribution in [3.63, 3.8) is 0 Å². The lowest BCUT2D eigenvalue weighted by atomic mass is 10.0. The van der Waals surface area contributed by atoms with Gasteiger partial charge in [0, 0.05) is 31.2 Å². The van der Waals surface area contributed by atoms with Gasteiger partial charge in [-0.2, -0.15) is 4.31 Å². The first kappa shape index (κ1) is 20.6. The second-order valence-corrected chi connectivity index (χ2v) is 9.04. The highest BCUT2D eigenvalue weighted by molar-refractivity contribution is 7.89. The number of hydrogen-bond donors (Lipinski definition) is 0. The van der Waals surface area contributed by atoms with E-state index >= 15 is 0 Å². The van der Waals surface area contributed by atoms with Gasteiger partial charge in [0.05, 0.1) is 4.90 Å². The molecule has 3 rings (SSSR count). The molecular weight excluding hydrogens is 372 g/mol. The second-order valence-electron chi connectivity index (χ2n) is 7.10. The van der Waals surface area contributed by atoms with E-state index in [0.29, 0.717) is 18.7 Å². The molecule has 1 unspecified atom stereocenters. The Kier molecular flexibility index (Phi) is 6.52. The van der Waals surface area contributed by atoms with Gasteiger partial charge in [-0.25, -0.2) is 8.42 Å². The van der Waals surface area contributed by atoms with Crippen LogP contribution in [0.2, 0.25) is 0 Å². The molecule has 0 bridgehead atoms. The maximum atomic E-state index is 13.0. The number of likely N-dealkylation sites (tertiary alicyclic amines) is 1. The van der Waals surface area contributed by atoms with E-state index in [1.54, 1.807) is 24.3 Å². The van der Waals surface area contributed by atoms with Crippen molar-refractivity contribution in [2.45, 2.75) is 44.0 Å². The fourth-order valence-corrected chi connectivity index (χ4v) is 5.31. The van der Waals surface area contributed by atoms with Crippen LogP contribution in [-0.4, -0.2) is 49.2 Å². The Labute approximate surface area is 168 Å². The van der Waals surface area contributed by atoms with Crippen LogP contribution in [0.1, 0.15) is 42.6 Å². The Morgan fingerprint density at radius 3 is 2.29 bits per heavy atom. The number of hydrogen-bond acceptors (Lipinski definition) is 3. The minimum absolute atomic E-state index is 0.0229. The zero-order valence-electron chi connectivity index (χ0n) is 16.5. The molecule has 28 heavy (non-hydrogen) atoms. The summed E-state index contributed by atoms with van der Waals surface area (Å²) >= 11 is 0. The Morgan fingerprint density at radius 1 is 1.04 bits per heavy atom. The van der Waals surface area contributed by atoms with Gasteiger partial charge in [0.15, 0.2) is 0 Å². The summed E-state index contributed by atoms with van der Waals surface area (Å²) in [5, 5.41) is 0. The summed E-state index contributed by atoms with van der Waals surface area (Å²) in [7, 11) is -3.51. The number of sulfonamides is 1. The van der Waals surface area contributed by atoms with Crippen LogP contribution in [0.15, 0.2) is 59.5 Å². The van der Waals surface area contributed by atoms with Crippen LogP contribution in [0, 0.1) is 0 Å². The molecule has 1 aliphatic rings. The molecule has 0 saturated carbocycles. The van der Waals surface area contributed by atoms with E-state index in [4.69, 9.17) is 0 Å². The summed E-state index contributed by atoms with van der Waals surface area (Å²) in [6, 6.07) is 16.8. The van der Waals surface area contributed by atoms with Gasteiger partial charge in [-0.1, -0.05) is 44.2 Å². The van der Waals surface area contributed by atoms with Gasteiger partial charge >= 0.3 is 0 Å². The Balaban J connectivity index is 1.75. The van der Waals surface area contributed by atoms with Crippen LogP contribution >= 0.6 is 0 Å². The predicted molar refractivity (Wildman–Crippen MR) is 111 cm³/mol. The fourth-order valence-electron chi connectivity index (χ4n) is 3.85. The Morgan fingerprint density at radius 2 is 1.68 bits per heavy atom. The van der Waals surface area contributed by atoms with Crippen molar-refractivity contribution < 1.29 is 13.2 Å². The van der Waals surface area contributed by atoms with Gasteiger partial charge in [0.1, 0.15) is 0 Å². The molecule has 0 spiro atoms. The Hall–Kier alpha value is -2.18. The van der Waals surface area contributed by atoms with Crippen molar-refractivity contribution in [2.24, 2.45) is 0 Å². The molecule has 1 saturated heterocycles. The molecule has 1 aliphatic heterocycles. The third-order valence-corrected chi connectivity index (χ3v) is 7.46. The van der Waals surface area contributed by atoms with E-state index in [1.807, 2.05) is 36.9 Å². The van der Waals surface area contributed by atoms with Crippen molar-refractivity contribution in [3.05, 3.63) is 65.7 Å². The highest BCUT2D eigenvalue weighted by atomic mass is 32.2. The highest BCUT2D eigenvalue weighted by Crippen LogP contribution is 2.24. The molecule has 1 atom stereocenters. The number of carbonyl (C=O) groups is 1. The van der Waals surface area contributed by atoms with E-state index in [0.717, 1.165) is 25.8 Å². The van der Waals surface area contributed by atoms with E-state index in [1.165, 1.54) is 9.87 Å². The topological polar surface area (TPSA) is 57.7 Å². The highest BCUT2D eigenvalue weighted by Gasteiger charge is 2.30. The minimum atomic E-state index is -3.51. The van der Waals surface area contributed by atoms with Crippen LogP contribution in [0.5, 0.6) is 0 Å². The molecule has 6 heteroatoms. The van der Waals surface area contributed by atoms with E-state index in [-0.39, 0.29) is 16.8 Å². The molecule has 5 nitrogen and oxygen atoms in total. The van der Waals surface area contributed by atoms with Crippen LogP contribution in [0.25, 0.3) is 0 Å². The molecule has 1 amide bonds. The molecule has 0 radical (unpaired) electrons. The predicted octanol–water partition coefficient (Wildman–Crippen LogP) is 3.56. The first-order chi connectivity index (χ1) is 13.5. The normalized spacial score (nSPS) is 17.2. The fraction of sp³-hybridized carbons (Fsp3) is 0.409.